The van der Waals surface area contributed by atoms with E-state index in [4.69, 9.17) is 16.3 Å². The molecule has 0 aliphatic carbocycles. The summed E-state index contributed by atoms with van der Waals surface area (Å²) in [5.41, 5.74) is 1.28. The molecule has 0 saturated heterocycles. The molecule has 0 aromatic heterocycles. The van der Waals surface area contributed by atoms with Crippen LogP contribution in [0.5, 0.6) is 11.5 Å². The molecule has 0 unspecified atom stereocenters. The van der Waals surface area contributed by atoms with Crippen molar-refractivity contribution in [3.8, 4) is 11.5 Å². The van der Waals surface area contributed by atoms with Crippen LogP contribution in [0.4, 0.5) is 5.69 Å². The van der Waals surface area contributed by atoms with E-state index in [0.29, 0.717) is 22.0 Å². The lowest BCUT2D eigenvalue weighted by molar-refractivity contribution is 0.416. The normalized spacial score (nSPS) is 11.2. The average Bonchev–Trinajstić information content (AvgIpc) is 2.54. The smallest absolute Gasteiger partial charge is 0.144 e. The first-order chi connectivity index (χ1) is 10.7. The maximum atomic E-state index is 10.1. The van der Waals surface area contributed by atoms with Gasteiger partial charge in [-0.1, -0.05) is 41.9 Å². The van der Waals surface area contributed by atoms with E-state index in [0.717, 1.165) is 10.8 Å². The van der Waals surface area contributed by atoms with Gasteiger partial charge in [0.05, 0.1) is 7.11 Å². The Kier molecular flexibility index (Phi) is 3.98. The minimum absolute atomic E-state index is 0.184. The van der Waals surface area contributed by atoms with Crippen LogP contribution in [0.15, 0.2) is 59.6 Å². The second-order valence-corrected chi connectivity index (χ2v) is 5.23. The van der Waals surface area contributed by atoms with E-state index in [1.807, 2.05) is 30.3 Å². The maximum absolute atomic E-state index is 10.1. The number of rotatable bonds is 3. The van der Waals surface area contributed by atoms with Crippen LogP contribution in [0.1, 0.15) is 5.56 Å². The van der Waals surface area contributed by atoms with Gasteiger partial charge in [0.15, 0.2) is 0 Å². The van der Waals surface area contributed by atoms with Crippen molar-refractivity contribution in [1.82, 2.24) is 0 Å². The molecule has 0 aliphatic rings. The minimum atomic E-state index is 0.184. The quantitative estimate of drug-likeness (QED) is 0.695. The number of hydrogen-bond acceptors (Lipinski definition) is 3. The van der Waals surface area contributed by atoms with Gasteiger partial charge in [-0.05, 0) is 35.0 Å². The molecule has 0 radical (unpaired) electrons. The number of phenols is 1. The van der Waals surface area contributed by atoms with Crippen molar-refractivity contribution in [3.63, 3.8) is 0 Å². The molecule has 3 nitrogen and oxygen atoms in total. The molecule has 0 heterocycles. The van der Waals surface area contributed by atoms with Crippen LogP contribution in [0, 0.1) is 0 Å². The van der Waals surface area contributed by atoms with E-state index in [2.05, 4.69) is 4.99 Å². The van der Waals surface area contributed by atoms with Gasteiger partial charge in [-0.3, -0.25) is 4.99 Å². The van der Waals surface area contributed by atoms with Crippen LogP contribution in [0.2, 0.25) is 5.02 Å². The zero-order valence-electron chi connectivity index (χ0n) is 12.0. The molecule has 0 aliphatic heterocycles. The SMILES string of the molecule is COc1ccc(Cl)cc1N=Cc1c(O)ccc2ccccc12. The summed E-state index contributed by atoms with van der Waals surface area (Å²) >= 11 is 6.00. The van der Waals surface area contributed by atoms with Crippen LogP contribution < -0.4 is 4.74 Å². The summed E-state index contributed by atoms with van der Waals surface area (Å²) in [4.78, 5) is 4.42. The van der Waals surface area contributed by atoms with Crippen molar-refractivity contribution in [2.45, 2.75) is 0 Å². The number of aromatic hydroxyl groups is 1. The van der Waals surface area contributed by atoms with E-state index in [-0.39, 0.29) is 5.75 Å². The van der Waals surface area contributed by atoms with E-state index in [1.54, 1.807) is 37.6 Å². The van der Waals surface area contributed by atoms with Gasteiger partial charge in [0.1, 0.15) is 17.2 Å². The van der Waals surface area contributed by atoms with Crippen molar-refractivity contribution in [1.29, 1.82) is 0 Å². The van der Waals surface area contributed by atoms with Crippen molar-refractivity contribution >= 4 is 34.3 Å². The average molecular weight is 312 g/mol. The van der Waals surface area contributed by atoms with Gasteiger partial charge >= 0.3 is 0 Å². The number of fused-ring (bicyclic) bond motifs is 1. The molecule has 0 amide bonds. The number of aliphatic imine (C=N–C) groups is 1. The molecule has 22 heavy (non-hydrogen) atoms. The molecule has 0 atom stereocenters. The molecule has 0 fully saturated rings. The van der Waals surface area contributed by atoms with Crippen LogP contribution in [-0.2, 0) is 0 Å². The molecule has 110 valence electrons. The fraction of sp³-hybridized carbons (Fsp3) is 0.0556. The third kappa shape index (κ3) is 2.76. The second kappa shape index (κ2) is 6.08. The summed E-state index contributed by atoms with van der Waals surface area (Å²) in [6, 6.07) is 16.6. The molecular weight excluding hydrogens is 298 g/mol. The van der Waals surface area contributed by atoms with E-state index >= 15 is 0 Å². The number of hydrogen-bond donors (Lipinski definition) is 1. The highest BCUT2D eigenvalue weighted by molar-refractivity contribution is 6.30. The van der Waals surface area contributed by atoms with Crippen molar-refractivity contribution < 1.29 is 9.84 Å². The third-order valence-corrected chi connectivity index (χ3v) is 3.66. The summed E-state index contributed by atoms with van der Waals surface area (Å²) < 4.78 is 5.27. The second-order valence-electron chi connectivity index (χ2n) is 4.79. The number of benzene rings is 3. The highest BCUT2D eigenvalue weighted by Gasteiger charge is 2.06. The fourth-order valence-electron chi connectivity index (χ4n) is 2.32. The van der Waals surface area contributed by atoms with Gasteiger partial charge in [0, 0.05) is 16.8 Å². The topological polar surface area (TPSA) is 41.8 Å². The lowest BCUT2D eigenvalue weighted by Gasteiger charge is -2.06. The third-order valence-electron chi connectivity index (χ3n) is 3.42. The molecule has 0 spiro atoms. The number of ether oxygens (including phenoxy) is 1. The summed E-state index contributed by atoms with van der Waals surface area (Å²) in [7, 11) is 1.58. The number of methoxy groups -OCH3 is 1. The first-order valence-electron chi connectivity index (χ1n) is 6.77. The van der Waals surface area contributed by atoms with Gasteiger partial charge < -0.3 is 9.84 Å². The Hall–Kier alpha value is -2.52. The van der Waals surface area contributed by atoms with E-state index in [9.17, 15) is 5.11 Å². The molecule has 3 aromatic rings. The van der Waals surface area contributed by atoms with Gasteiger partial charge in [-0.2, -0.15) is 0 Å². The maximum Gasteiger partial charge on any atom is 0.144 e. The van der Waals surface area contributed by atoms with Crippen LogP contribution in [0.25, 0.3) is 10.8 Å². The van der Waals surface area contributed by atoms with E-state index < -0.39 is 0 Å². The summed E-state index contributed by atoms with van der Waals surface area (Å²) in [5.74, 6) is 0.809. The molecular formula is C18H14ClNO2. The zero-order chi connectivity index (χ0) is 15.5. The van der Waals surface area contributed by atoms with Gasteiger partial charge in [0.25, 0.3) is 0 Å². The minimum Gasteiger partial charge on any atom is -0.507 e. The summed E-state index contributed by atoms with van der Waals surface area (Å²) in [5, 5.41) is 12.7. The Labute approximate surface area is 133 Å². The standard InChI is InChI=1S/C18H14ClNO2/c1-22-18-9-7-13(19)10-16(18)20-11-15-14-5-3-2-4-12(14)6-8-17(15)21/h2-11,21H,1H3. The molecule has 0 saturated carbocycles. The molecule has 1 N–H and O–H groups in total. The Morgan fingerprint density at radius 1 is 1.09 bits per heavy atom. The Bertz CT molecular complexity index is 859. The van der Waals surface area contributed by atoms with Crippen LogP contribution >= 0.6 is 11.6 Å². The van der Waals surface area contributed by atoms with Gasteiger partial charge in [0.2, 0.25) is 0 Å². The summed E-state index contributed by atoms with van der Waals surface area (Å²) in [6.07, 6.45) is 1.63. The van der Waals surface area contributed by atoms with E-state index in [1.165, 1.54) is 0 Å². The zero-order valence-corrected chi connectivity index (χ0v) is 12.7. The van der Waals surface area contributed by atoms with Crippen molar-refractivity contribution in [2.75, 3.05) is 7.11 Å². The first kappa shape index (κ1) is 14.4. The largest absolute Gasteiger partial charge is 0.507 e. The Morgan fingerprint density at radius 2 is 1.91 bits per heavy atom. The predicted octanol–water partition coefficient (Wildman–Crippen LogP) is 4.96. The van der Waals surface area contributed by atoms with Crippen LogP contribution in [-0.4, -0.2) is 18.4 Å². The number of halogens is 1. The van der Waals surface area contributed by atoms with Crippen LogP contribution in [0.3, 0.4) is 0 Å². The number of phenolic OH excluding ortho intramolecular Hbond substituents is 1. The predicted molar refractivity (Wildman–Crippen MR) is 90.9 cm³/mol. The highest BCUT2D eigenvalue weighted by Crippen LogP contribution is 2.31. The fourth-order valence-corrected chi connectivity index (χ4v) is 2.48. The number of nitrogens with zero attached hydrogens (tertiary/aromatic N) is 1. The lowest BCUT2D eigenvalue weighted by atomic mass is 10.0. The highest BCUT2D eigenvalue weighted by atomic mass is 35.5. The molecule has 3 aromatic carbocycles. The van der Waals surface area contributed by atoms with Gasteiger partial charge in [-0.15, -0.1) is 0 Å². The lowest BCUT2D eigenvalue weighted by Crippen LogP contribution is -1.87. The Morgan fingerprint density at radius 3 is 2.73 bits per heavy atom. The van der Waals surface area contributed by atoms with Gasteiger partial charge in [-0.25, -0.2) is 0 Å². The molecule has 3 rings (SSSR count). The molecule has 0 bridgehead atoms. The monoisotopic (exact) mass is 311 g/mol. The first-order valence-corrected chi connectivity index (χ1v) is 7.15. The summed E-state index contributed by atoms with van der Waals surface area (Å²) in [6.45, 7) is 0. The molecule has 4 heteroatoms. The van der Waals surface area contributed by atoms with Crippen molar-refractivity contribution in [3.05, 3.63) is 65.2 Å². The van der Waals surface area contributed by atoms with Crippen molar-refractivity contribution in [2.24, 2.45) is 4.99 Å². The Balaban J connectivity index is 2.10.